The monoisotopic (exact) mass is 358 g/mol. The molecule has 3 aromatic rings. The zero-order valence-electron chi connectivity index (χ0n) is 11.3. The van der Waals surface area contributed by atoms with Crippen molar-refractivity contribution in [3.63, 3.8) is 0 Å². The maximum Gasteiger partial charge on any atom is 0.312 e. The smallest absolute Gasteiger partial charge is 0.312 e. The number of oxazole rings is 1. The Morgan fingerprint density at radius 2 is 1.91 bits per heavy atom. The molecule has 5 nitrogen and oxygen atoms in total. The lowest BCUT2D eigenvalue weighted by atomic mass is 10.2. The molecular formula is C16H11BrN2O3. The number of hydrogen-bond donors (Lipinski definition) is 2. The van der Waals surface area contributed by atoms with Crippen LogP contribution in [0.1, 0.15) is 5.69 Å². The molecule has 1 aromatic heterocycles. The largest absolute Gasteiger partial charge is 0.508 e. The van der Waals surface area contributed by atoms with E-state index < -0.39 is 0 Å². The van der Waals surface area contributed by atoms with Crippen LogP contribution in [-0.4, -0.2) is 21.4 Å². The standard InChI is InChI=1S/C16H11BrN2O3/c17-13-7-2-1-6-12(13)15-19-14(16(21)22-15)9-18-10-4-3-5-11(20)8-10/h1-9,20-21H. The normalized spacial score (nSPS) is 11.1. The van der Waals surface area contributed by atoms with Gasteiger partial charge in [0, 0.05) is 10.5 Å². The number of aromatic hydroxyl groups is 2. The maximum atomic E-state index is 9.83. The Balaban J connectivity index is 1.92. The molecular weight excluding hydrogens is 348 g/mol. The number of hydrogen-bond acceptors (Lipinski definition) is 5. The molecule has 0 atom stereocenters. The van der Waals surface area contributed by atoms with Crippen molar-refractivity contribution in [2.75, 3.05) is 0 Å². The molecule has 0 saturated carbocycles. The average Bonchev–Trinajstić information content (AvgIpc) is 2.87. The molecule has 0 saturated heterocycles. The van der Waals surface area contributed by atoms with Crippen LogP contribution in [0.2, 0.25) is 0 Å². The molecule has 1 heterocycles. The summed E-state index contributed by atoms with van der Waals surface area (Å²) in [7, 11) is 0. The molecule has 6 heteroatoms. The van der Waals surface area contributed by atoms with Crippen LogP contribution in [0.5, 0.6) is 11.7 Å². The SMILES string of the molecule is Oc1cccc(N=Cc2nc(-c3ccccc3Br)oc2O)c1. The second kappa shape index (κ2) is 6.03. The van der Waals surface area contributed by atoms with Gasteiger partial charge in [-0.1, -0.05) is 18.2 Å². The summed E-state index contributed by atoms with van der Waals surface area (Å²) < 4.78 is 6.08. The van der Waals surface area contributed by atoms with Crippen molar-refractivity contribution in [2.24, 2.45) is 4.99 Å². The van der Waals surface area contributed by atoms with Gasteiger partial charge in [0.15, 0.2) is 5.69 Å². The molecule has 0 amide bonds. The van der Waals surface area contributed by atoms with Crippen LogP contribution in [0.15, 0.2) is 62.4 Å². The van der Waals surface area contributed by atoms with Gasteiger partial charge in [-0.2, -0.15) is 0 Å². The summed E-state index contributed by atoms with van der Waals surface area (Å²) in [5.74, 6) is 0.102. The summed E-state index contributed by atoms with van der Waals surface area (Å²) in [6.45, 7) is 0. The van der Waals surface area contributed by atoms with Gasteiger partial charge in [-0.15, -0.1) is 0 Å². The number of aliphatic imine (C=N–C) groups is 1. The predicted octanol–water partition coefficient (Wildman–Crippen LogP) is 4.27. The van der Waals surface area contributed by atoms with E-state index in [0.29, 0.717) is 11.6 Å². The Morgan fingerprint density at radius 3 is 2.68 bits per heavy atom. The molecule has 0 aliphatic rings. The molecule has 110 valence electrons. The second-order valence-electron chi connectivity index (χ2n) is 4.47. The molecule has 3 rings (SSSR count). The van der Waals surface area contributed by atoms with Crippen LogP contribution in [-0.2, 0) is 0 Å². The summed E-state index contributed by atoms with van der Waals surface area (Å²) in [5.41, 5.74) is 1.49. The summed E-state index contributed by atoms with van der Waals surface area (Å²) in [4.78, 5) is 8.37. The van der Waals surface area contributed by atoms with Crippen LogP contribution in [0.25, 0.3) is 11.5 Å². The van der Waals surface area contributed by atoms with E-state index >= 15 is 0 Å². The van der Waals surface area contributed by atoms with Gasteiger partial charge >= 0.3 is 5.95 Å². The van der Waals surface area contributed by atoms with E-state index in [-0.39, 0.29) is 17.4 Å². The predicted molar refractivity (Wildman–Crippen MR) is 86.7 cm³/mol. The molecule has 0 bridgehead atoms. The lowest BCUT2D eigenvalue weighted by Crippen LogP contribution is -1.83. The summed E-state index contributed by atoms with van der Waals surface area (Å²) >= 11 is 3.41. The van der Waals surface area contributed by atoms with Crippen molar-refractivity contribution >= 4 is 27.8 Å². The van der Waals surface area contributed by atoms with Crippen molar-refractivity contribution in [3.8, 4) is 23.1 Å². The van der Waals surface area contributed by atoms with E-state index in [1.807, 2.05) is 24.3 Å². The number of benzene rings is 2. The number of nitrogens with zero attached hydrogens (tertiary/aromatic N) is 2. The summed E-state index contributed by atoms with van der Waals surface area (Å²) in [5, 5.41) is 19.2. The molecule has 22 heavy (non-hydrogen) atoms. The topological polar surface area (TPSA) is 78.9 Å². The van der Waals surface area contributed by atoms with Crippen LogP contribution < -0.4 is 0 Å². The maximum absolute atomic E-state index is 9.83. The van der Waals surface area contributed by atoms with E-state index in [1.165, 1.54) is 12.3 Å². The van der Waals surface area contributed by atoms with Crippen molar-refractivity contribution in [1.82, 2.24) is 4.98 Å². The third kappa shape index (κ3) is 3.01. The van der Waals surface area contributed by atoms with E-state index in [4.69, 9.17) is 4.42 Å². The molecule has 0 radical (unpaired) electrons. The number of halogens is 1. The first kappa shape index (κ1) is 14.3. The number of phenolic OH excluding ortho intramolecular Hbond substituents is 1. The van der Waals surface area contributed by atoms with Crippen molar-refractivity contribution in [1.29, 1.82) is 0 Å². The molecule has 0 aliphatic heterocycles. The molecule has 0 unspecified atom stereocenters. The van der Waals surface area contributed by atoms with E-state index in [9.17, 15) is 10.2 Å². The van der Waals surface area contributed by atoms with Crippen LogP contribution in [0, 0.1) is 0 Å². The third-order valence-electron chi connectivity index (χ3n) is 2.90. The van der Waals surface area contributed by atoms with E-state index in [0.717, 1.165) is 10.0 Å². The minimum Gasteiger partial charge on any atom is -0.508 e. The highest BCUT2D eigenvalue weighted by molar-refractivity contribution is 9.10. The molecule has 0 aliphatic carbocycles. The highest BCUT2D eigenvalue weighted by Gasteiger charge is 2.14. The van der Waals surface area contributed by atoms with Gasteiger partial charge in [0.05, 0.1) is 17.5 Å². The van der Waals surface area contributed by atoms with Gasteiger partial charge in [-0.3, -0.25) is 4.99 Å². The molecule has 0 spiro atoms. The zero-order valence-corrected chi connectivity index (χ0v) is 12.9. The number of aromatic nitrogens is 1. The fourth-order valence-electron chi connectivity index (χ4n) is 1.87. The fraction of sp³-hybridized carbons (Fsp3) is 0. The number of phenols is 1. The first-order valence-corrected chi connectivity index (χ1v) is 7.20. The Labute approximate surface area is 134 Å². The van der Waals surface area contributed by atoms with Gasteiger partial charge in [0.25, 0.3) is 0 Å². The van der Waals surface area contributed by atoms with Crippen molar-refractivity contribution in [3.05, 3.63) is 58.7 Å². The average molecular weight is 359 g/mol. The fourth-order valence-corrected chi connectivity index (χ4v) is 2.32. The van der Waals surface area contributed by atoms with Crippen molar-refractivity contribution in [2.45, 2.75) is 0 Å². The molecule has 0 fully saturated rings. The van der Waals surface area contributed by atoms with Gasteiger partial charge in [-0.25, -0.2) is 4.98 Å². The van der Waals surface area contributed by atoms with E-state index in [1.54, 1.807) is 18.2 Å². The third-order valence-corrected chi connectivity index (χ3v) is 3.60. The highest BCUT2D eigenvalue weighted by Crippen LogP contribution is 2.31. The first-order chi connectivity index (χ1) is 10.6. The second-order valence-corrected chi connectivity index (χ2v) is 5.32. The van der Waals surface area contributed by atoms with Crippen LogP contribution in [0.3, 0.4) is 0 Å². The van der Waals surface area contributed by atoms with Crippen LogP contribution >= 0.6 is 15.9 Å². The lowest BCUT2D eigenvalue weighted by Gasteiger charge is -1.97. The Bertz CT molecular complexity index is 843. The van der Waals surface area contributed by atoms with Gasteiger partial charge < -0.3 is 14.6 Å². The quantitative estimate of drug-likeness (QED) is 0.685. The van der Waals surface area contributed by atoms with Crippen molar-refractivity contribution < 1.29 is 14.6 Å². The number of rotatable bonds is 3. The Morgan fingerprint density at radius 1 is 1.09 bits per heavy atom. The van der Waals surface area contributed by atoms with Gasteiger partial charge in [0.1, 0.15) is 5.75 Å². The summed E-state index contributed by atoms with van der Waals surface area (Å²) in [6.07, 6.45) is 1.38. The van der Waals surface area contributed by atoms with Gasteiger partial charge in [-0.05, 0) is 40.2 Å². The lowest BCUT2D eigenvalue weighted by molar-refractivity contribution is 0.337. The van der Waals surface area contributed by atoms with Crippen LogP contribution in [0.4, 0.5) is 5.69 Å². The first-order valence-electron chi connectivity index (χ1n) is 6.41. The highest BCUT2D eigenvalue weighted by atomic mass is 79.9. The minimum absolute atomic E-state index is 0.118. The molecule has 2 aromatic carbocycles. The zero-order chi connectivity index (χ0) is 15.5. The Hall–Kier alpha value is -2.60. The van der Waals surface area contributed by atoms with E-state index in [2.05, 4.69) is 25.9 Å². The minimum atomic E-state index is -0.311. The Kier molecular flexibility index (Phi) is 3.93. The summed E-state index contributed by atoms with van der Waals surface area (Å²) in [6, 6.07) is 13.9. The molecule has 2 N–H and O–H groups in total. The van der Waals surface area contributed by atoms with Gasteiger partial charge in [0.2, 0.25) is 5.89 Å².